The maximum Gasteiger partial charge on any atom is 0.341 e. The second kappa shape index (κ2) is 8.64. The van der Waals surface area contributed by atoms with Crippen LogP contribution in [0.25, 0.3) is 0 Å². The number of nitrogens with zero attached hydrogens (tertiary/aromatic N) is 1. The van der Waals surface area contributed by atoms with E-state index in [0.29, 0.717) is 37.6 Å². The number of amides is 1. The number of carbonyl (C=O) groups excluding carboxylic acids is 2. The smallest absolute Gasteiger partial charge is 0.341 e. The molecular formula is C20H20FNO5. The Kier molecular flexibility index (Phi) is 6.03. The normalized spacial score (nSPS) is 13.9. The maximum absolute atomic E-state index is 13.0. The van der Waals surface area contributed by atoms with Crippen LogP contribution in [0.15, 0.2) is 42.5 Å². The summed E-state index contributed by atoms with van der Waals surface area (Å²) in [4.78, 5) is 26.5. The molecule has 0 radical (unpaired) electrons. The largest absolute Gasteiger partial charge is 0.488 e. The van der Waals surface area contributed by atoms with Crippen LogP contribution in [0.3, 0.4) is 0 Å². The average molecular weight is 373 g/mol. The summed E-state index contributed by atoms with van der Waals surface area (Å²) in [5.74, 6) is -0.807. The standard InChI is InChI=1S/C20H20FNO5/c1-25-20(24)17-12-15(19(23)22-8-10-26-11-9-22)4-7-18(17)27-13-14-2-5-16(21)6-3-14/h2-7,12H,8-11,13H2,1H3. The van der Waals surface area contributed by atoms with Crippen LogP contribution in [0, 0.1) is 5.82 Å². The van der Waals surface area contributed by atoms with Crippen LogP contribution < -0.4 is 4.74 Å². The van der Waals surface area contributed by atoms with E-state index in [1.807, 2.05) is 0 Å². The van der Waals surface area contributed by atoms with Crippen LogP contribution in [0.1, 0.15) is 26.3 Å². The molecule has 1 aliphatic rings. The van der Waals surface area contributed by atoms with Crippen molar-refractivity contribution in [2.24, 2.45) is 0 Å². The molecule has 0 bridgehead atoms. The average Bonchev–Trinajstić information content (AvgIpc) is 2.72. The van der Waals surface area contributed by atoms with Crippen LogP contribution in [0.5, 0.6) is 5.75 Å². The molecule has 0 aromatic heterocycles. The number of rotatable bonds is 5. The van der Waals surface area contributed by atoms with Gasteiger partial charge in [-0.05, 0) is 35.9 Å². The summed E-state index contributed by atoms with van der Waals surface area (Å²) < 4.78 is 28.8. The number of ether oxygens (including phenoxy) is 3. The zero-order chi connectivity index (χ0) is 19.2. The summed E-state index contributed by atoms with van der Waals surface area (Å²) in [6.45, 7) is 2.16. The molecule has 142 valence electrons. The van der Waals surface area contributed by atoms with E-state index < -0.39 is 5.97 Å². The lowest BCUT2D eigenvalue weighted by Crippen LogP contribution is -2.40. The Morgan fingerprint density at radius 3 is 2.48 bits per heavy atom. The molecule has 2 aromatic carbocycles. The van der Waals surface area contributed by atoms with Crippen LogP contribution >= 0.6 is 0 Å². The highest BCUT2D eigenvalue weighted by Crippen LogP contribution is 2.23. The predicted molar refractivity (Wildman–Crippen MR) is 95.2 cm³/mol. The first-order valence-corrected chi connectivity index (χ1v) is 8.55. The van der Waals surface area contributed by atoms with Crippen LogP contribution in [0.4, 0.5) is 4.39 Å². The van der Waals surface area contributed by atoms with E-state index in [0.717, 1.165) is 5.56 Å². The zero-order valence-corrected chi connectivity index (χ0v) is 14.9. The Bertz CT molecular complexity index is 816. The van der Waals surface area contributed by atoms with Crippen molar-refractivity contribution in [3.8, 4) is 5.75 Å². The summed E-state index contributed by atoms with van der Waals surface area (Å²) in [5.41, 5.74) is 1.30. The van der Waals surface area contributed by atoms with Crippen molar-refractivity contribution in [3.05, 3.63) is 65.0 Å². The van der Waals surface area contributed by atoms with Crippen LogP contribution in [-0.4, -0.2) is 50.2 Å². The highest BCUT2D eigenvalue weighted by atomic mass is 19.1. The summed E-state index contributed by atoms with van der Waals surface area (Å²) in [5, 5.41) is 0. The molecule has 6 nitrogen and oxygen atoms in total. The fraction of sp³-hybridized carbons (Fsp3) is 0.300. The number of benzene rings is 2. The Hall–Kier alpha value is -2.93. The third-order valence-corrected chi connectivity index (χ3v) is 4.24. The van der Waals surface area contributed by atoms with Crippen molar-refractivity contribution in [3.63, 3.8) is 0 Å². The van der Waals surface area contributed by atoms with Crippen molar-refractivity contribution in [1.82, 2.24) is 4.90 Å². The highest BCUT2D eigenvalue weighted by molar-refractivity contribution is 5.99. The van der Waals surface area contributed by atoms with Crippen molar-refractivity contribution in [1.29, 1.82) is 0 Å². The minimum Gasteiger partial charge on any atom is -0.488 e. The SMILES string of the molecule is COC(=O)c1cc(C(=O)N2CCOCC2)ccc1OCc1ccc(F)cc1. The molecule has 1 saturated heterocycles. The third kappa shape index (κ3) is 4.62. The number of hydrogen-bond acceptors (Lipinski definition) is 5. The topological polar surface area (TPSA) is 65.1 Å². The summed E-state index contributed by atoms with van der Waals surface area (Å²) in [6, 6.07) is 10.5. The quantitative estimate of drug-likeness (QED) is 0.754. The van der Waals surface area contributed by atoms with Gasteiger partial charge < -0.3 is 19.1 Å². The van der Waals surface area contributed by atoms with Gasteiger partial charge in [-0.2, -0.15) is 0 Å². The molecule has 0 unspecified atom stereocenters. The first-order valence-electron chi connectivity index (χ1n) is 8.55. The maximum atomic E-state index is 13.0. The van der Waals surface area contributed by atoms with Gasteiger partial charge in [-0.15, -0.1) is 0 Å². The molecule has 2 aromatic rings. The lowest BCUT2D eigenvalue weighted by Gasteiger charge is -2.27. The van der Waals surface area contributed by atoms with Gasteiger partial charge in [0.1, 0.15) is 23.7 Å². The fourth-order valence-electron chi connectivity index (χ4n) is 2.75. The minimum absolute atomic E-state index is 0.154. The molecule has 1 aliphatic heterocycles. The van der Waals surface area contributed by atoms with E-state index in [9.17, 15) is 14.0 Å². The molecule has 0 N–H and O–H groups in total. The Morgan fingerprint density at radius 1 is 1.11 bits per heavy atom. The molecule has 0 saturated carbocycles. The van der Waals surface area contributed by atoms with E-state index in [4.69, 9.17) is 14.2 Å². The van der Waals surface area contributed by atoms with Crippen molar-refractivity contribution in [2.45, 2.75) is 6.61 Å². The number of morpholine rings is 1. The summed E-state index contributed by atoms with van der Waals surface area (Å²) >= 11 is 0. The van der Waals surface area contributed by atoms with E-state index in [1.54, 1.807) is 29.2 Å². The number of esters is 1. The highest BCUT2D eigenvalue weighted by Gasteiger charge is 2.22. The lowest BCUT2D eigenvalue weighted by molar-refractivity contribution is 0.0303. The molecule has 7 heteroatoms. The minimum atomic E-state index is -0.597. The van der Waals surface area contributed by atoms with Gasteiger partial charge in [0.25, 0.3) is 5.91 Å². The molecule has 0 aliphatic carbocycles. The molecule has 3 rings (SSSR count). The van der Waals surface area contributed by atoms with Gasteiger partial charge in [0.05, 0.1) is 20.3 Å². The van der Waals surface area contributed by atoms with E-state index in [-0.39, 0.29) is 23.9 Å². The molecule has 1 fully saturated rings. The molecule has 1 heterocycles. The van der Waals surface area contributed by atoms with Crippen molar-refractivity contribution >= 4 is 11.9 Å². The van der Waals surface area contributed by atoms with Crippen molar-refractivity contribution < 1.29 is 28.2 Å². The van der Waals surface area contributed by atoms with Gasteiger partial charge in [-0.3, -0.25) is 4.79 Å². The van der Waals surface area contributed by atoms with Gasteiger partial charge in [-0.25, -0.2) is 9.18 Å². The number of methoxy groups -OCH3 is 1. The third-order valence-electron chi connectivity index (χ3n) is 4.24. The van der Waals surface area contributed by atoms with E-state index >= 15 is 0 Å². The number of hydrogen-bond donors (Lipinski definition) is 0. The Balaban J connectivity index is 1.79. The number of carbonyl (C=O) groups is 2. The van der Waals surface area contributed by atoms with Gasteiger partial charge in [0, 0.05) is 18.7 Å². The zero-order valence-electron chi connectivity index (χ0n) is 14.9. The predicted octanol–water partition coefficient (Wildman–Crippen LogP) is 2.66. The molecule has 27 heavy (non-hydrogen) atoms. The monoisotopic (exact) mass is 373 g/mol. The van der Waals surface area contributed by atoms with Gasteiger partial charge in [-0.1, -0.05) is 12.1 Å². The van der Waals surface area contributed by atoms with Crippen LogP contribution in [0.2, 0.25) is 0 Å². The molecule has 0 atom stereocenters. The van der Waals surface area contributed by atoms with Gasteiger partial charge in [0.2, 0.25) is 0 Å². The summed E-state index contributed by atoms with van der Waals surface area (Å²) in [7, 11) is 1.27. The summed E-state index contributed by atoms with van der Waals surface area (Å²) in [6.07, 6.45) is 0. The van der Waals surface area contributed by atoms with Crippen LogP contribution in [-0.2, 0) is 16.1 Å². The first kappa shape index (κ1) is 18.8. The molecule has 1 amide bonds. The second-order valence-corrected chi connectivity index (χ2v) is 6.02. The number of halogens is 1. The van der Waals surface area contributed by atoms with E-state index in [2.05, 4.69) is 0 Å². The van der Waals surface area contributed by atoms with Gasteiger partial charge in [0.15, 0.2) is 0 Å². The van der Waals surface area contributed by atoms with E-state index in [1.165, 1.54) is 25.3 Å². The Labute approximate surface area is 156 Å². The molecular weight excluding hydrogens is 353 g/mol. The lowest BCUT2D eigenvalue weighted by atomic mass is 10.1. The fourth-order valence-corrected chi connectivity index (χ4v) is 2.75. The second-order valence-electron chi connectivity index (χ2n) is 6.02. The first-order chi connectivity index (χ1) is 13.1. The van der Waals surface area contributed by atoms with Gasteiger partial charge >= 0.3 is 5.97 Å². The Morgan fingerprint density at radius 2 is 1.81 bits per heavy atom. The molecule has 0 spiro atoms. The van der Waals surface area contributed by atoms with Crippen molar-refractivity contribution in [2.75, 3.05) is 33.4 Å².